The number of benzene rings is 1. The number of unbranched alkanes of at least 4 members (excludes halogenated alkanes) is 4. The van der Waals surface area contributed by atoms with Gasteiger partial charge in [-0.1, -0.05) is 50.8 Å². The maximum Gasteiger partial charge on any atom is 0.199 e. The molecular weight excluding hydrogens is 308 g/mol. The molecule has 25 heavy (non-hydrogen) atoms. The molecule has 1 aromatic carbocycles. The Hall–Kier alpha value is -1.97. The minimum absolute atomic E-state index is 0.346. The van der Waals surface area contributed by atoms with Crippen molar-refractivity contribution in [1.29, 1.82) is 0 Å². The summed E-state index contributed by atoms with van der Waals surface area (Å²) in [5, 5.41) is 3.55. The molecule has 2 rings (SSSR count). The SMILES string of the molecule is CCCCCCCN1C(=NC)NC(N(CC)c2ccccc2)=CC1C. The van der Waals surface area contributed by atoms with Gasteiger partial charge in [0.25, 0.3) is 0 Å². The Bertz CT molecular complexity index is 565. The molecule has 1 aromatic rings. The van der Waals surface area contributed by atoms with Crippen LogP contribution in [-0.4, -0.2) is 37.0 Å². The Morgan fingerprint density at radius 2 is 1.80 bits per heavy atom. The lowest BCUT2D eigenvalue weighted by molar-refractivity contribution is 0.341. The van der Waals surface area contributed by atoms with Crippen molar-refractivity contribution in [2.75, 3.05) is 25.0 Å². The van der Waals surface area contributed by atoms with Crippen LogP contribution in [-0.2, 0) is 0 Å². The van der Waals surface area contributed by atoms with Gasteiger partial charge in [0.05, 0.1) is 6.04 Å². The maximum atomic E-state index is 4.52. The van der Waals surface area contributed by atoms with E-state index in [9.17, 15) is 0 Å². The molecule has 0 bridgehead atoms. The van der Waals surface area contributed by atoms with E-state index < -0.39 is 0 Å². The smallest absolute Gasteiger partial charge is 0.199 e. The van der Waals surface area contributed by atoms with Gasteiger partial charge < -0.3 is 15.1 Å². The molecule has 0 aliphatic carbocycles. The molecule has 138 valence electrons. The van der Waals surface area contributed by atoms with Crippen molar-refractivity contribution >= 4 is 11.6 Å². The van der Waals surface area contributed by atoms with E-state index >= 15 is 0 Å². The van der Waals surface area contributed by atoms with E-state index in [1.165, 1.54) is 37.8 Å². The van der Waals surface area contributed by atoms with Gasteiger partial charge in [-0.25, -0.2) is 0 Å². The summed E-state index contributed by atoms with van der Waals surface area (Å²) in [7, 11) is 1.88. The van der Waals surface area contributed by atoms with Crippen LogP contribution in [0, 0.1) is 0 Å². The summed E-state index contributed by atoms with van der Waals surface area (Å²) in [6.07, 6.45) is 8.82. The minimum atomic E-state index is 0.346. The van der Waals surface area contributed by atoms with Gasteiger partial charge in [-0.2, -0.15) is 0 Å². The van der Waals surface area contributed by atoms with Crippen molar-refractivity contribution in [2.24, 2.45) is 4.99 Å². The van der Waals surface area contributed by atoms with Crippen LogP contribution in [0.3, 0.4) is 0 Å². The molecule has 4 nitrogen and oxygen atoms in total. The van der Waals surface area contributed by atoms with Crippen LogP contribution in [0.1, 0.15) is 52.9 Å². The summed E-state index contributed by atoms with van der Waals surface area (Å²) in [6.45, 7) is 8.69. The maximum absolute atomic E-state index is 4.52. The normalized spacial score (nSPS) is 18.9. The first-order valence-corrected chi connectivity index (χ1v) is 9.76. The van der Waals surface area contributed by atoms with E-state index in [2.05, 4.69) is 77.3 Å². The zero-order valence-corrected chi connectivity index (χ0v) is 16.3. The lowest BCUT2D eigenvalue weighted by Gasteiger charge is -2.39. The van der Waals surface area contributed by atoms with Gasteiger partial charge in [-0.05, 0) is 38.5 Å². The fourth-order valence-corrected chi connectivity index (χ4v) is 3.38. The monoisotopic (exact) mass is 342 g/mol. The van der Waals surface area contributed by atoms with E-state index in [-0.39, 0.29) is 0 Å². The molecule has 0 aromatic heterocycles. The first-order valence-electron chi connectivity index (χ1n) is 9.76. The average Bonchev–Trinajstić information content (AvgIpc) is 2.64. The molecule has 1 atom stereocenters. The predicted octanol–water partition coefficient (Wildman–Crippen LogP) is 4.60. The zero-order valence-electron chi connectivity index (χ0n) is 16.3. The van der Waals surface area contributed by atoms with Crippen LogP contribution >= 0.6 is 0 Å². The largest absolute Gasteiger partial charge is 0.336 e. The minimum Gasteiger partial charge on any atom is -0.336 e. The third-order valence-electron chi connectivity index (χ3n) is 4.79. The number of rotatable bonds is 9. The van der Waals surface area contributed by atoms with Gasteiger partial charge in [0.2, 0.25) is 0 Å². The first kappa shape index (κ1) is 19.4. The average molecular weight is 343 g/mol. The number of hydrogen-bond acceptors (Lipinski definition) is 2. The third-order valence-corrected chi connectivity index (χ3v) is 4.79. The van der Waals surface area contributed by atoms with Crippen LogP contribution in [0.4, 0.5) is 5.69 Å². The van der Waals surface area contributed by atoms with Crippen LogP contribution in [0.25, 0.3) is 0 Å². The molecule has 0 spiro atoms. The standard InChI is InChI=1S/C21H34N4/c1-5-7-8-9-13-16-25-18(3)17-20(23-21(25)22-4)24(6-2)19-14-11-10-12-15-19/h10-12,14-15,17-18H,5-9,13,16H2,1-4H3,(H,22,23). The Morgan fingerprint density at radius 1 is 1.08 bits per heavy atom. The molecule has 1 aliphatic heterocycles. The summed E-state index contributed by atoms with van der Waals surface area (Å²) >= 11 is 0. The van der Waals surface area contributed by atoms with Crippen molar-refractivity contribution in [2.45, 2.75) is 58.9 Å². The number of hydrogen-bond donors (Lipinski definition) is 1. The molecule has 0 amide bonds. The van der Waals surface area contributed by atoms with E-state index in [4.69, 9.17) is 0 Å². The van der Waals surface area contributed by atoms with Gasteiger partial charge in [0.15, 0.2) is 5.96 Å². The van der Waals surface area contributed by atoms with Crippen molar-refractivity contribution in [3.05, 3.63) is 42.2 Å². The highest BCUT2D eigenvalue weighted by Crippen LogP contribution is 2.21. The number of nitrogens with one attached hydrogen (secondary N) is 1. The third kappa shape index (κ3) is 5.25. The molecule has 0 saturated carbocycles. The van der Waals surface area contributed by atoms with Crippen molar-refractivity contribution in [1.82, 2.24) is 10.2 Å². The van der Waals surface area contributed by atoms with E-state index in [1.54, 1.807) is 0 Å². The van der Waals surface area contributed by atoms with Crippen molar-refractivity contribution < 1.29 is 0 Å². The van der Waals surface area contributed by atoms with Gasteiger partial charge >= 0.3 is 0 Å². The molecule has 1 N–H and O–H groups in total. The second kappa shape index (κ2) is 10.1. The number of anilines is 1. The van der Waals surface area contributed by atoms with Crippen molar-refractivity contribution in [3.8, 4) is 0 Å². The molecule has 0 saturated heterocycles. The van der Waals surface area contributed by atoms with E-state index in [0.717, 1.165) is 24.9 Å². The molecule has 1 aliphatic rings. The van der Waals surface area contributed by atoms with Gasteiger partial charge in [-0.15, -0.1) is 0 Å². The van der Waals surface area contributed by atoms with Gasteiger partial charge in [0, 0.05) is 25.8 Å². The summed E-state index contributed by atoms with van der Waals surface area (Å²) in [4.78, 5) is 9.21. The predicted molar refractivity (Wildman–Crippen MR) is 109 cm³/mol. The molecular formula is C21H34N4. The summed E-state index contributed by atoms with van der Waals surface area (Å²) < 4.78 is 0. The molecule has 4 heteroatoms. The number of para-hydroxylation sites is 1. The summed E-state index contributed by atoms with van der Waals surface area (Å²) in [6, 6.07) is 10.9. The van der Waals surface area contributed by atoms with Crippen LogP contribution in [0.5, 0.6) is 0 Å². The van der Waals surface area contributed by atoms with Gasteiger partial charge in [-0.3, -0.25) is 4.99 Å². The number of nitrogens with zero attached hydrogens (tertiary/aromatic N) is 3. The lowest BCUT2D eigenvalue weighted by Crippen LogP contribution is -2.52. The highest BCUT2D eigenvalue weighted by molar-refractivity contribution is 5.84. The van der Waals surface area contributed by atoms with Crippen LogP contribution in [0.2, 0.25) is 0 Å². The Balaban J connectivity index is 2.06. The van der Waals surface area contributed by atoms with Crippen molar-refractivity contribution in [3.63, 3.8) is 0 Å². The highest BCUT2D eigenvalue weighted by Gasteiger charge is 2.25. The lowest BCUT2D eigenvalue weighted by atomic mass is 10.1. The van der Waals surface area contributed by atoms with Crippen LogP contribution < -0.4 is 10.2 Å². The van der Waals surface area contributed by atoms with E-state index in [0.29, 0.717) is 6.04 Å². The highest BCUT2D eigenvalue weighted by atomic mass is 15.4. The van der Waals surface area contributed by atoms with E-state index in [1.807, 2.05) is 7.05 Å². The molecule has 1 heterocycles. The Labute approximate surface area is 153 Å². The number of guanidine groups is 1. The second-order valence-electron chi connectivity index (χ2n) is 6.65. The van der Waals surface area contributed by atoms with Gasteiger partial charge in [0.1, 0.15) is 5.82 Å². The quantitative estimate of drug-likeness (QED) is 0.665. The zero-order chi connectivity index (χ0) is 18.1. The topological polar surface area (TPSA) is 30.9 Å². The fraction of sp³-hybridized carbons (Fsp3) is 0.571. The first-order chi connectivity index (χ1) is 12.2. The number of aliphatic imine (C=N–C) groups is 1. The Kier molecular flexibility index (Phi) is 7.83. The van der Waals surface area contributed by atoms with Crippen LogP contribution in [0.15, 0.2) is 47.2 Å². The molecule has 1 unspecified atom stereocenters. The summed E-state index contributed by atoms with van der Waals surface area (Å²) in [5.41, 5.74) is 1.21. The molecule has 0 fully saturated rings. The summed E-state index contributed by atoms with van der Waals surface area (Å²) in [5.74, 6) is 2.11. The molecule has 0 radical (unpaired) electrons. The second-order valence-corrected chi connectivity index (χ2v) is 6.65. The Morgan fingerprint density at radius 3 is 2.44 bits per heavy atom. The fourth-order valence-electron chi connectivity index (χ4n) is 3.38.